The zero-order chi connectivity index (χ0) is 17.6. The lowest BCUT2D eigenvalue weighted by Gasteiger charge is -2.05. The third-order valence-corrected chi connectivity index (χ3v) is 3.70. The summed E-state index contributed by atoms with van der Waals surface area (Å²) in [5, 5.41) is 23.2. The molecule has 0 unspecified atom stereocenters. The Morgan fingerprint density at radius 3 is 2.60 bits per heavy atom. The van der Waals surface area contributed by atoms with E-state index in [0.29, 0.717) is 5.69 Å². The molecule has 1 amide bonds. The van der Waals surface area contributed by atoms with Crippen molar-refractivity contribution in [3.05, 3.63) is 77.6 Å². The monoisotopic (exact) mass is 329 g/mol. The lowest BCUT2D eigenvalue weighted by atomic mass is 10.1. The summed E-state index contributed by atoms with van der Waals surface area (Å²) >= 11 is 0. The maximum absolute atomic E-state index is 12.2. The predicted octanol–water partition coefficient (Wildman–Crippen LogP) is 3.16. The highest BCUT2D eigenvalue weighted by atomic mass is 16.3. The summed E-state index contributed by atoms with van der Waals surface area (Å²) in [6.45, 7) is 0.267. The summed E-state index contributed by atoms with van der Waals surface area (Å²) in [7, 11) is 0. The molecular formula is C20H15N3O2. The van der Waals surface area contributed by atoms with Crippen LogP contribution < -0.4 is 5.32 Å². The summed E-state index contributed by atoms with van der Waals surface area (Å²) in [5.41, 5.74) is 1.36. The van der Waals surface area contributed by atoms with Crippen LogP contribution in [0.25, 0.3) is 16.8 Å². The third kappa shape index (κ3) is 4.01. The summed E-state index contributed by atoms with van der Waals surface area (Å²) in [6.07, 6.45) is 3.18. The molecule has 2 N–H and O–H groups in total. The number of hydrogen-bond acceptors (Lipinski definition) is 4. The summed E-state index contributed by atoms with van der Waals surface area (Å²) < 4.78 is 0. The molecule has 1 heterocycles. The molecule has 0 radical (unpaired) electrons. The SMILES string of the molecule is N#CC(=Cc1cc2ccccc2cn1)C(=O)NCc1ccc(O)cc1. The second kappa shape index (κ2) is 7.28. The molecular weight excluding hydrogens is 314 g/mol. The molecule has 5 heteroatoms. The molecule has 0 fully saturated rings. The van der Waals surface area contributed by atoms with Crippen LogP contribution in [0.4, 0.5) is 0 Å². The van der Waals surface area contributed by atoms with Crippen LogP contribution in [0.2, 0.25) is 0 Å². The Morgan fingerprint density at radius 1 is 1.16 bits per heavy atom. The number of pyridine rings is 1. The smallest absolute Gasteiger partial charge is 0.262 e. The largest absolute Gasteiger partial charge is 0.508 e. The molecule has 1 aromatic heterocycles. The summed E-state index contributed by atoms with van der Waals surface area (Å²) in [6, 6.07) is 18.0. The fourth-order valence-electron chi connectivity index (χ4n) is 2.37. The number of phenolic OH excluding ortho intramolecular Hbond substituents is 1. The van der Waals surface area contributed by atoms with E-state index in [1.165, 1.54) is 6.08 Å². The van der Waals surface area contributed by atoms with Crippen LogP contribution in [0.5, 0.6) is 5.75 Å². The minimum absolute atomic E-state index is 0.0124. The van der Waals surface area contributed by atoms with Gasteiger partial charge in [0.15, 0.2) is 0 Å². The van der Waals surface area contributed by atoms with Crippen molar-refractivity contribution >= 4 is 22.8 Å². The number of aromatic nitrogens is 1. The number of rotatable bonds is 4. The molecule has 0 aliphatic rings. The number of aromatic hydroxyl groups is 1. The van der Waals surface area contributed by atoms with Gasteiger partial charge >= 0.3 is 0 Å². The number of nitrogens with zero attached hydrogens (tertiary/aromatic N) is 2. The minimum Gasteiger partial charge on any atom is -0.508 e. The van der Waals surface area contributed by atoms with Gasteiger partial charge in [0.1, 0.15) is 17.4 Å². The van der Waals surface area contributed by atoms with E-state index < -0.39 is 5.91 Å². The van der Waals surface area contributed by atoms with Crippen molar-refractivity contribution in [3.63, 3.8) is 0 Å². The molecule has 0 aliphatic heterocycles. The fourth-order valence-corrected chi connectivity index (χ4v) is 2.37. The molecule has 0 spiro atoms. The Kier molecular flexibility index (Phi) is 4.72. The average molecular weight is 329 g/mol. The molecule has 0 saturated heterocycles. The van der Waals surface area contributed by atoms with Crippen LogP contribution in [0, 0.1) is 11.3 Å². The zero-order valence-corrected chi connectivity index (χ0v) is 13.3. The van der Waals surface area contributed by atoms with Gasteiger partial charge in [-0.1, -0.05) is 36.4 Å². The Hall–Kier alpha value is -3.65. The first-order valence-electron chi connectivity index (χ1n) is 7.68. The van der Waals surface area contributed by atoms with Crippen LogP contribution in [0.15, 0.2) is 66.4 Å². The number of benzene rings is 2. The first-order valence-corrected chi connectivity index (χ1v) is 7.68. The molecule has 5 nitrogen and oxygen atoms in total. The van der Waals surface area contributed by atoms with Crippen LogP contribution in [0.3, 0.4) is 0 Å². The van der Waals surface area contributed by atoms with Gasteiger partial charge in [0, 0.05) is 18.1 Å². The van der Waals surface area contributed by atoms with Crippen LogP contribution >= 0.6 is 0 Å². The van der Waals surface area contributed by atoms with Crippen molar-refractivity contribution in [2.45, 2.75) is 6.54 Å². The maximum Gasteiger partial charge on any atom is 0.262 e. The highest BCUT2D eigenvalue weighted by molar-refractivity contribution is 6.01. The average Bonchev–Trinajstić information content (AvgIpc) is 2.65. The van der Waals surface area contributed by atoms with E-state index in [0.717, 1.165) is 16.3 Å². The van der Waals surface area contributed by atoms with Crippen molar-refractivity contribution in [3.8, 4) is 11.8 Å². The summed E-state index contributed by atoms with van der Waals surface area (Å²) in [4.78, 5) is 16.5. The molecule has 0 bridgehead atoms. The summed E-state index contributed by atoms with van der Waals surface area (Å²) in [5.74, 6) is -0.305. The van der Waals surface area contributed by atoms with E-state index in [9.17, 15) is 15.2 Å². The second-order valence-corrected chi connectivity index (χ2v) is 5.48. The van der Waals surface area contributed by atoms with E-state index in [4.69, 9.17) is 0 Å². The van der Waals surface area contributed by atoms with E-state index in [1.807, 2.05) is 36.4 Å². The van der Waals surface area contributed by atoms with Gasteiger partial charge in [-0.05, 0) is 35.2 Å². The number of carbonyl (C=O) groups is 1. The predicted molar refractivity (Wildman–Crippen MR) is 95.3 cm³/mol. The standard InChI is InChI=1S/C20H15N3O2/c21-11-17(20(25)23-12-14-5-7-19(24)8-6-14)10-18-9-15-3-1-2-4-16(15)13-22-18/h1-10,13,24H,12H2,(H,23,25). The fraction of sp³-hybridized carbons (Fsp3) is 0.0500. The number of amides is 1. The highest BCUT2D eigenvalue weighted by Gasteiger charge is 2.09. The first kappa shape index (κ1) is 16.2. The van der Waals surface area contributed by atoms with E-state index in [2.05, 4.69) is 10.3 Å². The van der Waals surface area contributed by atoms with Crippen LogP contribution in [-0.2, 0) is 11.3 Å². The number of fused-ring (bicyclic) bond motifs is 1. The normalized spacial score (nSPS) is 11.1. The van der Waals surface area contributed by atoms with Crippen molar-refractivity contribution in [2.75, 3.05) is 0 Å². The minimum atomic E-state index is -0.467. The number of phenols is 1. The molecule has 2 aromatic carbocycles. The molecule has 3 aromatic rings. The zero-order valence-electron chi connectivity index (χ0n) is 13.3. The van der Waals surface area contributed by atoms with E-state index in [-0.39, 0.29) is 17.9 Å². The molecule has 25 heavy (non-hydrogen) atoms. The lowest BCUT2D eigenvalue weighted by molar-refractivity contribution is -0.117. The quantitative estimate of drug-likeness (QED) is 0.568. The van der Waals surface area contributed by atoms with Crippen molar-refractivity contribution in [2.24, 2.45) is 0 Å². The van der Waals surface area contributed by atoms with Crippen molar-refractivity contribution < 1.29 is 9.90 Å². The number of nitrogens with one attached hydrogen (secondary N) is 1. The maximum atomic E-state index is 12.2. The molecule has 0 saturated carbocycles. The van der Waals surface area contributed by atoms with E-state index in [1.54, 1.807) is 30.5 Å². The highest BCUT2D eigenvalue weighted by Crippen LogP contribution is 2.15. The Labute approximate surface area is 144 Å². The molecule has 3 rings (SSSR count). The van der Waals surface area contributed by atoms with Crippen molar-refractivity contribution in [1.29, 1.82) is 5.26 Å². The first-order chi connectivity index (χ1) is 12.2. The van der Waals surface area contributed by atoms with Gasteiger partial charge < -0.3 is 10.4 Å². The molecule has 0 aliphatic carbocycles. The number of hydrogen-bond donors (Lipinski definition) is 2. The Morgan fingerprint density at radius 2 is 1.88 bits per heavy atom. The van der Waals surface area contributed by atoms with Crippen molar-refractivity contribution in [1.82, 2.24) is 10.3 Å². The molecule has 122 valence electrons. The van der Waals surface area contributed by atoms with Gasteiger partial charge in [0.2, 0.25) is 0 Å². The number of carbonyl (C=O) groups excluding carboxylic acids is 1. The van der Waals surface area contributed by atoms with Gasteiger partial charge in [-0.25, -0.2) is 0 Å². The molecule has 0 atom stereocenters. The van der Waals surface area contributed by atoms with Crippen LogP contribution in [-0.4, -0.2) is 16.0 Å². The third-order valence-electron chi connectivity index (χ3n) is 3.70. The van der Waals surface area contributed by atoms with E-state index >= 15 is 0 Å². The topological polar surface area (TPSA) is 86.0 Å². The second-order valence-electron chi connectivity index (χ2n) is 5.48. The Bertz CT molecular complexity index is 986. The van der Waals surface area contributed by atoms with Crippen LogP contribution in [0.1, 0.15) is 11.3 Å². The van der Waals surface area contributed by atoms with Gasteiger partial charge in [-0.15, -0.1) is 0 Å². The van der Waals surface area contributed by atoms with Gasteiger partial charge in [0.25, 0.3) is 5.91 Å². The Balaban J connectivity index is 1.75. The number of nitriles is 1. The van der Waals surface area contributed by atoms with Gasteiger partial charge in [-0.2, -0.15) is 5.26 Å². The lowest BCUT2D eigenvalue weighted by Crippen LogP contribution is -2.23. The van der Waals surface area contributed by atoms with Gasteiger partial charge in [0.05, 0.1) is 5.69 Å². The van der Waals surface area contributed by atoms with Gasteiger partial charge in [-0.3, -0.25) is 9.78 Å².